The molecule has 0 aliphatic rings. The summed E-state index contributed by atoms with van der Waals surface area (Å²) in [6.45, 7) is 2.65. The molecule has 1 atom stereocenters. The highest BCUT2D eigenvalue weighted by Gasteiger charge is 2.20. The van der Waals surface area contributed by atoms with E-state index in [1.54, 1.807) is 19.0 Å². The molecule has 0 bridgehead atoms. The fourth-order valence-electron chi connectivity index (χ4n) is 2.76. The molecule has 0 fully saturated rings. The van der Waals surface area contributed by atoms with E-state index in [1.165, 1.54) is 11.6 Å². The largest absolute Gasteiger partial charge is 0.359 e. The van der Waals surface area contributed by atoms with Gasteiger partial charge in [0.1, 0.15) is 11.9 Å². The smallest absolute Gasteiger partial charge is 0.332 e. The monoisotopic (exact) mass is 312 g/mol. The predicted octanol–water partition coefficient (Wildman–Crippen LogP) is 1.20. The van der Waals surface area contributed by atoms with Crippen molar-refractivity contribution in [2.75, 3.05) is 18.5 Å². The van der Waals surface area contributed by atoms with Crippen molar-refractivity contribution in [3.8, 4) is 6.07 Å². The fraction of sp³-hybridized carbons (Fsp3) is 0.353. The summed E-state index contributed by atoms with van der Waals surface area (Å²) in [5, 5.41) is 9.33. The molecule has 0 amide bonds. The van der Waals surface area contributed by atoms with Crippen LogP contribution < -0.4 is 16.1 Å². The van der Waals surface area contributed by atoms with Crippen LogP contribution in [0.15, 0.2) is 39.9 Å². The van der Waals surface area contributed by atoms with E-state index in [0.29, 0.717) is 12.4 Å². The van der Waals surface area contributed by atoms with Gasteiger partial charge < -0.3 is 4.90 Å². The Hall–Kier alpha value is -2.81. The quantitative estimate of drug-likeness (QED) is 0.850. The van der Waals surface area contributed by atoms with Crippen LogP contribution in [0.1, 0.15) is 24.0 Å². The molecule has 0 saturated carbocycles. The first kappa shape index (κ1) is 16.6. The molecule has 0 spiro atoms. The normalized spacial score (nSPS) is 11.8. The Labute approximate surface area is 134 Å². The standard InChI is InChI=1S/C17H20N4O2/c1-12(13-8-6-5-7-9-13)11-19(2)15-14(10-18)16(22)21(4)17(23)20(15)3/h5-9,12H,11H2,1-4H3. The number of benzene rings is 1. The Kier molecular flexibility index (Phi) is 4.70. The van der Waals surface area contributed by atoms with Crippen molar-refractivity contribution in [3.63, 3.8) is 0 Å². The third-order valence-electron chi connectivity index (χ3n) is 4.02. The van der Waals surface area contributed by atoms with Crippen LogP contribution in [0.25, 0.3) is 0 Å². The van der Waals surface area contributed by atoms with Crippen LogP contribution >= 0.6 is 0 Å². The Bertz CT molecular complexity index is 859. The van der Waals surface area contributed by atoms with Crippen molar-refractivity contribution in [2.45, 2.75) is 12.8 Å². The van der Waals surface area contributed by atoms with E-state index >= 15 is 0 Å². The summed E-state index contributed by atoms with van der Waals surface area (Å²) in [7, 11) is 4.73. The topological polar surface area (TPSA) is 71.0 Å². The molecule has 0 saturated heterocycles. The van der Waals surface area contributed by atoms with E-state index in [1.807, 2.05) is 36.4 Å². The SMILES string of the molecule is CC(CN(C)c1c(C#N)c(=O)n(C)c(=O)n1C)c1ccccc1. The van der Waals surface area contributed by atoms with Crippen molar-refractivity contribution in [2.24, 2.45) is 14.1 Å². The second kappa shape index (κ2) is 6.53. The van der Waals surface area contributed by atoms with Gasteiger partial charge in [0.15, 0.2) is 5.56 Å². The zero-order valence-corrected chi connectivity index (χ0v) is 13.8. The summed E-state index contributed by atoms with van der Waals surface area (Å²) in [6.07, 6.45) is 0. The first-order valence-electron chi connectivity index (χ1n) is 7.34. The van der Waals surface area contributed by atoms with E-state index in [4.69, 9.17) is 0 Å². The molecule has 0 aliphatic heterocycles. The van der Waals surface area contributed by atoms with E-state index < -0.39 is 11.2 Å². The molecule has 6 nitrogen and oxygen atoms in total. The molecule has 1 aromatic carbocycles. The molecular formula is C17H20N4O2. The average Bonchev–Trinajstić information content (AvgIpc) is 2.56. The maximum absolute atomic E-state index is 12.2. The first-order valence-corrected chi connectivity index (χ1v) is 7.34. The zero-order chi connectivity index (χ0) is 17.1. The third kappa shape index (κ3) is 3.04. The molecule has 23 heavy (non-hydrogen) atoms. The lowest BCUT2D eigenvalue weighted by Gasteiger charge is -2.26. The van der Waals surface area contributed by atoms with Gasteiger partial charge in [0.05, 0.1) is 0 Å². The number of hydrogen-bond donors (Lipinski definition) is 0. The molecule has 1 unspecified atom stereocenters. The fourth-order valence-corrected chi connectivity index (χ4v) is 2.76. The molecule has 0 aliphatic carbocycles. The predicted molar refractivity (Wildman–Crippen MR) is 89.8 cm³/mol. The van der Waals surface area contributed by atoms with Crippen molar-refractivity contribution in [1.82, 2.24) is 9.13 Å². The van der Waals surface area contributed by atoms with E-state index in [0.717, 1.165) is 10.1 Å². The van der Waals surface area contributed by atoms with Crippen molar-refractivity contribution in [3.05, 3.63) is 62.3 Å². The molecule has 0 radical (unpaired) electrons. The van der Waals surface area contributed by atoms with Gasteiger partial charge >= 0.3 is 5.69 Å². The minimum Gasteiger partial charge on any atom is -0.359 e. The summed E-state index contributed by atoms with van der Waals surface area (Å²) >= 11 is 0. The van der Waals surface area contributed by atoms with Crippen molar-refractivity contribution >= 4 is 5.82 Å². The van der Waals surface area contributed by atoms with Crippen LogP contribution in [0.2, 0.25) is 0 Å². The van der Waals surface area contributed by atoms with Gasteiger partial charge in [-0.05, 0) is 11.5 Å². The minimum atomic E-state index is -0.565. The lowest BCUT2D eigenvalue weighted by molar-refractivity contribution is 0.650. The highest BCUT2D eigenvalue weighted by Crippen LogP contribution is 2.20. The van der Waals surface area contributed by atoms with Crippen LogP contribution in [-0.4, -0.2) is 22.7 Å². The number of likely N-dealkylation sites (N-methyl/N-ethyl adjacent to an activating group) is 1. The van der Waals surface area contributed by atoms with E-state index in [2.05, 4.69) is 6.92 Å². The number of nitrogens with zero attached hydrogens (tertiary/aromatic N) is 4. The Morgan fingerprint density at radius 3 is 2.35 bits per heavy atom. The molecule has 6 heteroatoms. The second-order valence-electron chi connectivity index (χ2n) is 5.71. The summed E-state index contributed by atoms with van der Waals surface area (Å²) in [5.74, 6) is 0.537. The lowest BCUT2D eigenvalue weighted by atomic mass is 10.0. The van der Waals surface area contributed by atoms with E-state index in [-0.39, 0.29) is 11.5 Å². The first-order chi connectivity index (χ1) is 10.9. The van der Waals surface area contributed by atoms with Gasteiger partial charge in [-0.3, -0.25) is 13.9 Å². The molecule has 2 rings (SSSR count). The highest BCUT2D eigenvalue weighted by atomic mass is 16.2. The average molecular weight is 312 g/mol. The number of nitriles is 1. The molecule has 120 valence electrons. The molecule has 2 aromatic rings. The van der Waals surface area contributed by atoms with Crippen molar-refractivity contribution in [1.29, 1.82) is 5.26 Å². The minimum absolute atomic E-state index is 0.0163. The van der Waals surface area contributed by atoms with Crippen LogP contribution in [0, 0.1) is 11.3 Å². The van der Waals surface area contributed by atoms with Gasteiger partial charge in [0.25, 0.3) is 5.56 Å². The molecule has 1 heterocycles. The second-order valence-corrected chi connectivity index (χ2v) is 5.71. The number of anilines is 1. The summed E-state index contributed by atoms with van der Waals surface area (Å²) in [4.78, 5) is 26.1. The van der Waals surface area contributed by atoms with Crippen LogP contribution in [0.5, 0.6) is 0 Å². The molecular weight excluding hydrogens is 292 g/mol. The van der Waals surface area contributed by atoms with Gasteiger partial charge in [0, 0.05) is 27.7 Å². The van der Waals surface area contributed by atoms with Gasteiger partial charge in [0.2, 0.25) is 0 Å². The highest BCUT2D eigenvalue weighted by molar-refractivity contribution is 5.53. The van der Waals surface area contributed by atoms with Gasteiger partial charge in [-0.2, -0.15) is 5.26 Å². The maximum atomic E-state index is 12.2. The zero-order valence-electron chi connectivity index (χ0n) is 13.8. The Morgan fingerprint density at radius 2 is 1.78 bits per heavy atom. The van der Waals surface area contributed by atoms with Gasteiger partial charge in [-0.1, -0.05) is 37.3 Å². The number of rotatable bonds is 4. The number of aromatic nitrogens is 2. The third-order valence-corrected chi connectivity index (χ3v) is 4.02. The van der Waals surface area contributed by atoms with Crippen molar-refractivity contribution < 1.29 is 0 Å². The summed E-state index contributed by atoms with van der Waals surface area (Å²) < 4.78 is 2.30. The van der Waals surface area contributed by atoms with Crippen LogP contribution in [0.3, 0.4) is 0 Å². The molecule has 0 N–H and O–H groups in total. The summed E-state index contributed by atoms with van der Waals surface area (Å²) in [5.41, 5.74) is 0.136. The van der Waals surface area contributed by atoms with Crippen LogP contribution in [-0.2, 0) is 14.1 Å². The number of hydrogen-bond acceptors (Lipinski definition) is 4. The van der Waals surface area contributed by atoms with Crippen LogP contribution in [0.4, 0.5) is 5.82 Å². The Morgan fingerprint density at radius 1 is 1.17 bits per heavy atom. The van der Waals surface area contributed by atoms with Gasteiger partial charge in [-0.25, -0.2) is 4.79 Å². The maximum Gasteiger partial charge on any atom is 0.332 e. The molecule has 1 aromatic heterocycles. The lowest BCUT2D eigenvalue weighted by Crippen LogP contribution is -2.42. The van der Waals surface area contributed by atoms with Gasteiger partial charge in [-0.15, -0.1) is 0 Å². The summed E-state index contributed by atoms with van der Waals surface area (Å²) in [6, 6.07) is 11.9. The van der Waals surface area contributed by atoms with E-state index in [9.17, 15) is 14.9 Å². The Balaban J connectivity index is 2.45.